The van der Waals surface area contributed by atoms with Crippen LogP contribution in [0.3, 0.4) is 0 Å². The molecule has 32 heavy (non-hydrogen) atoms. The lowest BCUT2D eigenvalue weighted by molar-refractivity contribution is 1.08. The van der Waals surface area contributed by atoms with Crippen molar-refractivity contribution >= 4 is 11.4 Å². The third-order valence-corrected chi connectivity index (χ3v) is 7.80. The van der Waals surface area contributed by atoms with Crippen molar-refractivity contribution in [1.82, 2.24) is 0 Å². The average Bonchev–Trinajstić information content (AvgIpc) is 2.79. The monoisotopic (exact) mass is 423 g/mol. The Hall–Kier alpha value is -2.89. The molecule has 1 heteroatoms. The van der Waals surface area contributed by atoms with Crippen LogP contribution in [0.5, 0.6) is 0 Å². The van der Waals surface area contributed by atoms with Crippen molar-refractivity contribution in [2.24, 2.45) is 4.99 Å². The van der Waals surface area contributed by atoms with Crippen LogP contribution in [0.2, 0.25) is 0 Å². The van der Waals surface area contributed by atoms with E-state index >= 15 is 0 Å². The molecule has 0 saturated carbocycles. The van der Waals surface area contributed by atoms with Crippen molar-refractivity contribution in [1.29, 1.82) is 0 Å². The minimum absolute atomic E-state index is 0.633. The van der Waals surface area contributed by atoms with Gasteiger partial charge in [-0.25, -0.2) is 4.99 Å². The summed E-state index contributed by atoms with van der Waals surface area (Å²) in [5.41, 5.74) is 18.4. The molecule has 0 saturated heterocycles. The summed E-state index contributed by atoms with van der Waals surface area (Å²) in [5, 5.41) is 0. The van der Waals surface area contributed by atoms with Crippen LogP contribution in [0.25, 0.3) is 5.57 Å². The number of rotatable bonds is 4. The third kappa shape index (κ3) is 4.10. The first-order valence-corrected chi connectivity index (χ1v) is 11.6. The highest BCUT2D eigenvalue weighted by Crippen LogP contribution is 2.38. The van der Waals surface area contributed by atoms with Gasteiger partial charge in [0.15, 0.2) is 0 Å². The van der Waals surface area contributed by atoms with Gasteiger partial charge in [0.05, 0.1) is 12.1 Å². The van der Waals surface area contributed by atoms with E-state index in [1.165, 1.54) is 72.3 Å². The minimum atomic E-state index is 0.633. The maximum absolute atomic E-state index is 4.84. The van der Waals surface area contributed by atoms with E-state index in [0.29, 0.717) is 6.54 Å². The summed E-state index contributed by atoms with van der Waals surface area (Å²) in [6.45, 7) is 23.1. The first-order valence-electron chi connectivity index (χ1n) is 11.6. The van der Waals surface area contributed by atoms with Crippen molar-refractivity contribution in [2.45, 2.75) is 75.8 Å². The summed E-state index contributed by atoms with van der Waals surface area (Å²) in [6, 6.07) is 10.4. The highest BCUT2D eigenvalue weighted by atomic mass is 14.7. The van der Waals surface area contributed by atoms with Crippen LogP contribution in [-0.2, 0) is 6.54 Å². The van der Waals surface area contributed by atoms with Crippen LogP contribution in [0.4, 0.5) is 0 Å². The van der Waals surface area contributed by atoms with Crippen LogP contribution in [-0.4, -0.2) is 5.87 Å². The second-order valence-electron chi connectivity index (χ2n) is 9.29. The zero-order valence-electron chi connectivity index (χ0n) is 21.5. The van der Waals surface area contributed by atoms with Gasteiger partial charge in [0, 0.05) is 0 Å². The summed E-state index contributed by atoms with van der Waals surface area (Å²) in [4.78, 5) is 4.84. The number of aliphatic imine (C=N–C) groups is 1. The fourth-order valence-corrected chi connectivity index (χ4v) is 4.78. The molecule has 0 fully saturated rings. The standard InChI is InChI=1S/C31H37N/c1-18-20(3)24(7)30(25(8)21(18)4)29(17-32-16-28-14-12-11-13-15-28)31-26(9)22(5)19(2)23(6)27(31)10/h11-15H,16H2,1-10H3. The molecule has 0 bridgehead atoms. The van der Waals surface area contributed by atoms with Gasteiger partial charge in [-0.3, -0.25) is 0 Å². The SMILES string of the molecule is Cc1c(C)c(C)c(C(=C=NCc2ccccc2)c2c(C)c(C)c(C)c(C)c2C)c(C)c1C. The van der Waals surface area contributed by atoms with Gasteiger partial charge in [0.2, 0.25) is 0 Å². The Morgan fingerprint density at radius 2 is 0.875 bits per heavy atom. The molecule has 0 amide bonds. The number of nitrogens with zero attached hydrogens (tertiary/aromatic N) is 1. The van der Waals surface area contributed by atoms with E-state index in [1.807, 2.05) is 6.07 Å². The van der Waals surface area contributed by atoms with Crippen molar-refractivity contribution in [3.63, 3.8) is 0 Å². The summed E-state index contributed by atoms with van der Waals surface area (Å²) in [5.74, 6) is 3.55. The van der Waals surface area contributed by atoms with Crippen molar-refractivity contribution in [2.75, 3.05) is 0 Å². The molecule has 0 N–H and O–H groups in total. The van der Waals surface area contributed by atoms with Crippen molar-refractivity contribution < 1.29 is 0 Å². The van der Waals surface area contributed by atoms with E-state index in [9.17, 15) is 0 Å². The average molecular weight is 424 g/mol. The molecule has 166 valence electrons. The Labute approximate surface area is 194 Å². The Kier molecular flexibility index (Phi) is 6.91. The highest BCUT2D eigenvalue weighted by Gasteiger charge is 2.22. The smallest absolute Gasteiger partial charge is 0.0734 e. The van der Waals surface area contributed by atoms with E-state index in [4.69, 9.17) is 4.99 Å². The van der Waals surface area contributed by atoms with Crippen LogP contribution in [0.15, 0.2) is 35.3 Å². The van der Waals surface area contributed by atoms with Gasteiger partial charge < -0.3 is 0 Å². The van der Waals surface area contributed by atoms with Gasteiger partial charge >= 0.3 is 0 Å². The van der Waals surface area contributed by atoms with E-state index in [-0.39, 0.29) is 0 Å². The Morgan fingerprint density at radius 3 is 1.25 bits per heavy atom. The summed E-state index contributed by atoms with van der Waals surface area (Å²) >= 11 is 0. The first kappa shape index (κ1) is 23.8. The number of benzene rings is 3. The molecule has 0 aliphatic heterocycles. The van der Waals surface area contributed by atoms with Crippen molar-refractivity contribution in [3.05, 3.63) is 103 Å². The van der Waals surface area contributed by atoms with Gasteiger partial charge in [0.25, 0.3) is 0 Å². The van der Waals surface area contributed by atoms with Crippen molar-refractivity contribution in [3.8, 4) is 0 Å². The molecule has 0 aliphatic carbocycles. The van der Waals surface area contributed by atoms with Gasteiger partial charge in [-0.1, -0.05) is 30.3 Å². The summed E-state index contributed by atoms with van der Waals surface area (Å²) in [7, 11) is 0. The Morgan fingerprint density at radius 1 is 0.531 bits per heavy atom. The second kappa shape index (κ2) is 9.31. The lowest BCUT2D eigenvalue weighted by Crippen LogP contribution is -2.08. The molecule has 3 aromatic rings. The minimum Gasteiger partial charge on any atom is -0.238 e. The molecule has 3 aromatic carbocycles. The summed E-state index contributed by atoms with van der Waals surface area (Å²) in [6.07, 6.45) is 0. The zero-order valence-corrected chi connectivity index (χ0v) is 21.5. The van der Waals surface area contributed by atoms with E-state index in [2.05, 4.69) is 99.4 Å². The molecular weight excluding hydrogens is 386 g/mol. The highest BCUT2D eigenvalue weighted by molar-refractivity contribution is 6.02. The van der Waals surface area contributed by atoms with Gasteiger partial charge in [0.1, 0.15) is 0 Å². The molecule has 3 rings (SSSR count). The normalized spacial score (nSPS) is 10.8. The Bertz CT molecular complexity index is 1120. The van der Waals surface area contributed by atoms with Crippen LogP contribution in [0.1, 0.15) is 72.3 Å². The van der Waals surface area contributed by atoms with E-state index in [0.717, 1.165) is 5.57 Å². The number of hydrogen-bond donors (Lipinski definition) is 0. The molecular formula is C31H37N. The lowest BCUT2D eigenvalue weighted by atomic mass is 9.80. The van der Waals surface area contributed by atoms with Crippen LogP contribution in [0, 0.1) is 69.2 Å². The van der Waals surface area contributed by atoms with Crippen LogP contribution < -0.4 is 0 Å². The molecule has 0 radical (unpaired) electrons. The predicted molar refractivity (Wildman–Crippen MR) is 140 cm³/mol. The molecule has 0 aliphatic rings. The quantitative estimate of drug-likeness (QED) is 0.376. The fourth-order valence-electron chi connectivity index (χ4n) is 4.78. The molecule has 1 nitrogen and oxygen atoms in total. The summed E-state index contributed by atoms with van der Waals surface area (Å²) < 4.78 is 0. The van der Waals surface area contributed by atoms with Gasteiger partial charge in [-0.05, 0) is 147 Å². The lowest BCUT2D eigenvalue weighted by Gasteiger charge is -2.24. The first-order chi connectivity index (χ1) is 15.1. The Balaban J connectivity index is 2.40. The molecule has 0 atom stereocenters. The second-order valence-corrected chi connectivity index (χ2v) is 9.29. The third-order valence-electron chi connectivity index (χ3n) is 7.80. The largest absolute Gasteiger partial charge is 0.238 e. The molecule has 0 aromatic heterocycles. The fraction of sp³-hybridized carbons (Fsp3) is 0.355. The topological polar surface area (TPSA) is 12.4 Å². The molecule has 0 heterocycles. The predicted octanol–water partition coefficient (Wildman–Crippen LogP) is 8.07. The number of hydrogen-bond acceptors (Lipinski definition) is 1. The zero-order chi connectivity index (χ0) is 23.7. The van der Waals surface area contributed by atoms with Crippen LogP contribution >= 0.6 is 0 Å². The molecule has 0 unspecified atom stereocenters. The van der Waals surface area contributed by atoms with Gasteiger partial charge in [-0.2, -0.15) is 0 Å². The van der Waals surface area contributed by atoms with E-state index in [1.54, 1.807) is 0 Å². The van der Waals surface area contributed by atoms with E-state index < -0.39 is 0 Å². The van der Waals surface area contributed by atoms with Gasteiger partial charge in [-0.15, -0.1) is 0 Å². The molecule has 0 spiro atoms. The maximum atomic E-state index is 4.84. The maximum Gasteiger partial charge on any atom is 0.0734 e.